The highest BCUT2D eigenvalue weighted by atomic mass is 35.5. The van der Waals surface area contributed by atoms with Crippen molar-refractivity contribution in [1.82, 2.24) is 15.1 Å². The number of carbonyl (C=O) groups excluding carboxylic acids is 1. The molecule has 1 aromatic carbocycles. The summed E-state index contributed by atoms with van der Waals surface area (Å²) in [5.74, 6) is -0.522. The lowest BCUT2D eigenvalue weighted by Gasteiger charge is -2.13. The minimum absolute atomic E-state index is 0.00569. The number of nitrogens with one attached hydrogen (secondary N) is 1. The first kappa shape index (κ1) is 14.4. The van der Waals surface area contributed by atoms with Gasteiger partial charge < -0.3 is 5.32 Å². The maximum atomic E-state index is 12.9. The Morgan fingerprint density at radius 1 is 1.35 bits per heavy atom. The second-order valence-electron chi connectivity index (χ2n) is 3.85. The van der Waals surface area contributed by atoms with Gasteiger partial charge in [0, 0.05) is 7.05 Å². The molecule has 0 bridgehead atoms. The Morgan fingerprint density at radius 3 is 2.60 bits per heavy atom. The molecule has 1 amide bonds. The first-order valence-corrected chi connectivity index (χ1v) is 5.86. The third-order valence-corrected chi connectivity index (χ3v) is 2.98. The Hall–Kier alpha value is -2.02. The highest BCUT2D eigenvalue weighted by Gasteiger charge is 2.34. The van der Waals surface area contributed by atoms with E-state index in [1.165, 1.54) is 25.2 Å². The standard InChI is InChI=1S/C12H9ClF3N3O/c1-17-11(20)7-6-18-19(10(7)13)9-5-3-2-4-8(9)12(14,15)16/h2-6H,1H3,(H,17,20). The summed E-state index contributed by atoms with van der Waals surface area (Å²) in [6.45, 7) is 0. The van der Waals surface area contributed by atoms with Crippen LogP contribution in [0.5, 0.6) is 0 Å². The van der Waals surface area contributed by atoms with E-state index in [9.17, 15) is 18.0 Å². The molecule has 4 nitrogen and oxygen atoms in total. The third kappa shape index (κ3) is 2.49. The lowest BCUT2D eigenvalue weighted by molar-refractivity contribution is -0.137. The van der Waals surface area contributed by atoms with Crippen LogP contribution in [0.2, 0.25) is 5.15 Å². The van der Waals surface area contributed by atoms with Gasteiger partial charge in [0.2, 0.25) is 0 Å². The summed E-state index contributed by atoms with van der Waals surface area (Å²) in [6.07, 6.45) is -3.42. The minimum Gasteiger partial charge on any atom is -0.355 e. The zero-order valence-corrected chi connectivity index (χ0v) is 11.0. The first-order valence-electron chi connectivity index (χ1n) is 5.48. The van der Waals surface area contributed by atoms with Crippen LogP contribution in [0.25, 0.3) is 5.69 Å². The molecule has 0 spiro atoms. The summed E-state index contributed by atoms with van der Waals surface area (Å²) in [5.41, 5.74) is -1.11. The largest absolute Gasteiger partial charge is 0.418 e. The number of amides is 1. The lowest BCUT2D eigenvalue weighted by atomic mass is 10.1. The molecule has 0 fully saturated rings. The van der Waals surface area contributed by atoms with E-state index in [0.29, 0.717) is 0 Å². The van der Waals surface area contributed by atoms with Gasteiger partial charge >= 0.3 is 6.18 Å². The Kier molecular flexibility index (Phi) is 3.71. The minimum atomic E-state index is -4.54. The van der Waals surface area contributed by atoms with Gasteiger partial charge in [-0.1, -0.05) is 23.7 Å². The van der Waals surface area contributed by atoms with Crippen molar-refractivity contribution in [2.75, 3.05) is 7.05 Å². The van der Waals surface area contributed by atoms with E-state index in [1.807, 2.05) is 0 Å². The molecule has 2 rings (SSSR count). The van der Waals surface area contributed by atoms with Crippen molar-refractivity contribution in [1.29, 1.82) is 0 Å². The summed E-state index contributed by atoms with van der Waals surface area (Å²) >= 11 is 5.93. The zero-order valence-electron chi connectivity index (χ0n) is 10.2. The highest BCUT2D eigenvalue weighted by molar-refractivity contribution is 6.33. The van der Waals surface area contributed by atoms with Crippen LogP contribution in [0.3, 0.4) is 0 Å². The molecule has 0 atom stereocenters. The van der Waals surface area contributed by atoms with Crippen LogP contribution in [-0.4, -0.2) is 22.7 Å². The molecule has 0 aliphatic rings. The van der Waals surface area contributed by atoms with Gasteiger partial charge in [-0.2, -0.15) is 18.3 Å². The lowest BCUT2D eigenvalue weighted by Crippen LogP contribution is -2.18. The van der Waals surface area contributed by atoms with Crippen molar-refractivity contribution in [2.45, 2.75) is 6.18 Å². The maximum Gasteiger partial charge on any atom is 0.418 e. The molecule has 1 heterocycles. The SMILES string of the molecule is CNC(=O)c1cnn(-c2ccccc2C(F)(F)F)c1Cl. The van der Waals surface area contributed by atoms with E-state index in [2.05, 4.69) is 10.4 Å². The van der Waals surface area contributed by atoms with Crippen molar-refractivity contribution in [3.8, 4) is 5.69 Å². The summed E-state index contributed by atoms with van der Waals surface area (Å²) in [7, 11) is 1.39. The van der Waals surface area contributed by atoms with Crippen molar-refractivity contribution >= 4 is 17.5 Å². The van der Waals surface area contributed by atoms with Crippen LogP contribution in [0.4, 0.5) is 13.2 Å². The van der Waals surface area contributed by atoms with E-state index >= 15 is 0 Å². The van der Waals surface area contributed by atoms with Crippen molar-refractivity contribution in [2.24, 2.45) is 0 Å². The predicted molar refractivity (Wildman–Crippen MR) is 67.0 cm³/mol. The van der Waals surface area contributed by atoms with Gasteiger partial charge in [0.1, 0.15) is 5.15 Å². The van der Waals surface area contributed by atoms with Gasteiger partial charge in [-0.3, -0.25) is 4.79 Å². The number of hydrogen-bond donors (Lipinski definition) is 1. The number of carbonyl (C=O) groups is 1. The van der Waals surface area contributed by atoms with E-state index in [-0.39, 0.29) is 16.4 Å². The van der Waals surface area contributed by atoms with Crippen molar-refractivity contribution in [3.63, 3.8) is 0 Å². The molecule has 0 radical (unpaired) electrons. The van der Waals surface area contributed by atoms with Crippen LogP contribution in [0.1, 0.15) is 15.9 Å². The second-order valence-corrected chi connectivity index (χ2v) is 4.21. The summed E-state index contributed by atoms with van der Waals surface area (Å²) in [5, 5.41) is 5.91. The Labute approximate surface area is 117 Å². The van der Waals surface area contributed by atoms with Crippen LogP contribution in [0.15, 0.2) is 30.5 Å². The van der Waals surface area contributed by atoms with E-state index in [0.717, 1.165) is 16.9 Å². The van der Waals surface area contributed by atoms with Crippen LogP contribution >= 0.6 is 11.6 Å². The number of aromatic nitrogens is 2. The Bertz CT molecular complexity index is 652. The smallest absolute Gasteiger partial charge is 0.355 e. The third-order valence-electron chi connectivity index (χ3n) is 2.62. The molecular formula is C12H9ClF3N3O. The van der Waals surface area contributed by atoms with Crippen LogP contribution in [0, 0.1) is 0 Å². The van der Waals surface area contributed by atoms with E-state index < -0.39 is 17.6 Å². The number of halogens is 4. The first-order chi connectivity index (χ1) is 9.36. The molecular weight excluding hydrogens is 295 g/mol. The van der Waals surface area contributed by atoms with Gasteiger partial charge in [0.15, 0.2) is 0 Å². The summed E-state index contributed by atoms with van der Waals surface area (Å²) in [6, 6.07) is 4.85. The maximum absolute atomic E-state index is 12.9. The number of alkyl halides is 3. The molecule has 1 aromatic heterocycles. The fourth-order valence-electron chi connectivity index (χ4n) is 1.69. The number of nitrogens with zero attached hydrogens (tertiary/aromatic N) is 2. The van der Waals surface area contributed by atoms with Gasteiger partial charge in [-0.25, -0.2) is 4.68 Å². The molecule has 0 saturated carbocycles. The molecule has 2 aromatic rings. The Balaban J connectivity index is 2.59. The fraction of sp³-hybridized carbons (Fsp3) is 0.167. The number of hydrogen-bond acceptors (Lipinski definition) is 2. The molecule has 0 aliphatic carbocycles. The normalized spacial score (nSPS) is 11.4. The summed E-state index contributed by atoms with van der Waals surface area (Å²) in [4.78, 5) is 11.5. The molecule has 0 unspecified atom stereocenters. The average Bonchev–Trinajstić information content (AvgIpc) is 2.78. The van der Waals surface area contributed by atoms with Gasteiger partial charge in [0.25, 0.3) is 5.91 Å². The Morgan fingerprint density at radius 2 is 2.00 bits per heavy atom. The van der Waals surface area contributed by atoms with Gasteiger partial charge in [0.05, 0.1) is 23.0 Å². The second kappa shape index (κ2) is 5.16. The number of para-hydroxylation sites is 1. The highest BCUT2D eigenvalue weighted by Crippen LogP contribution is 2.34. The number of benzene rings is 1. The van der Waals surface area contributed by atoms with Crippen molar-refractivity contribution < 1.29 is 18.0 Å². The number of rotatable bonds is 2. The average molecular weight is 304 g/mol. The monoisotopic (exact) mass is 303 g/mol. The zero-order chi connectivity index (χ0) is 14.9. The summed E-state index contributed by atoms with van der Waals surface area (Å²) < 4.78 is 39.7. The predicted octanol–water partition coefficient (Wildman–Crippen LogP) is 2.90. The van der Waals surface area contributed by atoms with E-state index in [1.54, 1.807) is 0 Å². The van der Waals surface area contributed by atoms with Crippen LogP contribution in [-0.2, 0) is 6.18 Å². The fourth-order valence-corrected chi connectivity index (χ4v) is 1.96. The van der Waals surface area contributed by atoms with Gasteiger partial charge in [-0.05, 0) is 12.1 Å². The van der Waals surface area contributed by atoms with Crippen molar-refractivity contribution in [3.05, 3.63) is 46.7 Å². The quantitative estimate of drug-likeness (QED) is 0.927. The molecule has 0 aliphatic heterocycles. The molecule has 106 valence electrons. The molecule has 0 saturated heterocycles. The molecule has 8 heteroatoms. The molecule has 20 heavy (non-hydrogen) atoms. The molecule has 1 N–H and O–H groups in total. The topological polar surface area (TPSA) is 46.9 Å². The van der Waals surface area contributed by atoms with Gasteiger partial charge in [-0.15, -0.1) is 0 Å². The van der Waals surface area contributed by atoms with E-state index in [4.69, 9.17) is 11.6 Å². The van der Waals surface area contributed by atoms with Crippen LogP contribution < -0.4 is 5.32 Å².